The van der Waals surface area contributed by atoms with Gasteiger partial charge in [0.2, 0.25) is 9.84 Å². The molecule has 0 heterocycles. The summed E-state index contributed by atoms with van der Waals surface area (Å²) < 4.78 is 36.8. The summed E-state index contributed by atoms with van der Waals surface area (Å²) in [6, 6.07) is 22.5. The number of methoxy groups -OCH3 is 1. The fourth-order valence-corrected chi connectivity index (χ4v) is 4.41. The number of rotatable bonds is 10. The maximum atomic E-state index is 13.0. The summed E-state index contributed by atoms with van der Waals surface area (Å²) in [5.41, 5.74) is 0.867. The predicted octanol–water partition coefficient (Wildman–Crippen LogP) is 3.45. The first-order chi connectivity index (χ1) is 14.9. The number of aliphatic hydroxyl groups is 1. The molecular weight excluding hydrogens is 414 g/mol. The minimum atomic E-state index is -3.62. The molecule has 31 heavy (non-hydrogen) atoms. The van der Waals surface area contributed by atoms with E-state index in [-0.39, 0.29) is 9.79 Å². The molecule has 2 unspecified atom stereocenters. The molecular formula is C24H27NO5S. The second-order valence-corrected chi connectivity index (χ2v) is 9.07. The molecule has 3 aromatic rings. The van der Waals surface area contributed by atoms with Crippen LogP contribution in [0, 0.1) is 0 Å². The minimum absolute atomic E-state index is 0.217. The average molecular weight is 442 g/mol. The molecule has 7 heteroatoms. The van der Waals surface area contributed by atoms with Gasteiger partial charge in [-0.2, -0.15) is 0 Å². The lowest BCUT2D eigenvalue weighted by Gasteiger charge is -2.23. The Labute approximate surface area is 183 Å². The maximum Gasteiger partial charge on any atom is 0.206 e. The molecule has 0 aliphatic carbocycles. The summed E-state index contributed by atoms with van der Waals surface area (Å²) in [5, 5.41) is 13.2. The van der Waals surface area contributed by atoms with Gasteiger partial charge in [0.25, 0.3) is 0 Å². The zero-order valence-corrected chi connectivity index (χ0v) is 18.4. The largest absolute Gasteiger partial charge is 0.497 e. The topological polar surface area (TPSA) is 84.9 Å². The molecule has 0 saturated carbocycles. The molecule has 0 aromatic heterocycles. The fourth-order valence-electron chi connectivity index (χ4n) is 3.07. The van der Waals surface area contributed by atoms with E-state index in [9.17, 15) is 13.5 Å². The first kappa shape index (κ1) is 22.8. The molecule has 6 nitrogen and oxygen atoms in total. The molecule has 164 valence electrons. The van der Waals surface area contributed by atoms with Gasteiger partial charge in [0.05, 0.1) is 16.9 Å². The third-order valence-electron chi connectivity index (χ3n) is 4.78. The van der Waals surface area contributed by atoms with E-state index in [1.54, 1.807) is 37.3 Å². The molecule has 2 atom stereocenters. The third kappa shape index (κ3) is 6.07. The Bertz CT molecular complexity index is 1070. The van der Waals surface area contributed by atoms with Crippen molar-refractivity contribution in [1.29, 1.82) is 0 Å². The van der Waals surface area contributed by atoms with Crippen LogP contribution in [-0.2, 0) is 16.3 Å². The number of benzene rings is 3. The lowest BCUT2D eigenvalue weighted by Crippen LogP contribution is -2.43. The van der Waals surface area contributed by atoms with Gasteiger partial charge in [-0.15, -0.1) is 0 Å². The number of hydrogen-bond acceptors (Lipinski definition) is 6. The normalized spacial score (nSPS) is 13.4. The average Bonchev–Trinajstić information content (AvgIpc) is 2.79. The summed E-state index contributed by atoms with van der Waals surface area (Å²) in [7, 11) is -2.09. The van der Waals surface area contributed by atoms with E-state index >= 15 is 0 Å². The van der Waals surface area contributed by atoms with E-state index < -0.39 is 22.2 Å². The van der Waals surface area contributed by atoms with Crippen molar-refractivity contribution in [3.8, 4) is 11.5 Å². The SMILES string of the molecule is COc1ccc(S(=O)(=O)c2cccc(CCNC(Oc3ccccc3)C(C)O)c2)cc1. The summed E-state index contributed by atoms with van der Waals surface area (Å²) >= 11 is 0. The molecule has 0 fully saturated rings. The quantitative estimate of drug-likeness (QED) is 0.469. The van der Waals surface area contributed by atoms with Crippen molar-refractivity contribution in [2.45, 2.75) is 35.5 Å². The highest BCUT2D eigenvalue weighted by Crippen LogP contribution is 2.24. The van der Waals surface area contributed by atoms with Crippen molar-refractivity contribution >= 4 is 9.84 Å². The van der Waals surface area contributed by atoms with Crippen LogP contribution in [0.4, 0.5) is 0 Å². The van der Waals surface area contributed by atoms with Gasteiger partial charge in [-0.1, -0.05) is 30.3 Å². The van der Waals surface area contributed by atoms with E-state index in [2.05, 4.69) is 5.32 Å². The summed E-state index contributed by atoms with van der Waals surface area (Å²) in [6.45, 7) is 2.16. The van der Waals surface area contributed by atoms with E-state index in [0.29, 0.717) is 24.5 Å². The molecule has 0 amide bonds. The smallest absolute Gasteiger partial charge is 0.206 e. The second-order valence-electron chi connectivity index (χ2n) is 7.12. The monoisotopic (exact) mass is 441 g/mol. The highest BCUT2D eigenvalue weighted by atomic mass is 32.2. The van der Waals surface area contributed by atoms with Crippen molar-refractivity contribution in [1.82, 2.24) is 5.32 Å². The lowest BCUT2D eigenvalue weighted by atomic mass is 10.1. The third-order valence-corrected chi connectivity index (χ3v) is 6.55. The molecule has 0 bridgehead atoms. The zero-order valence-electron chi connectivity index (χ0n) is 17.6. The Hall–Kier alpha value is -2.87. The van der Waals surface area contributed by atoms with Crippen LogP contribution < -0.4 is 14.8 Å². The van der Waals surface area contributed by atoms with Gasteiger partial charge in [0.1, 0.15) is 17.6 Å². The summed E-state index contributed by atoms with van der Waals surface area (Å²) in [5.74, 6) is 1.26. The van der Waals surface area contributed by atoms with Crippen LogP contribution in [0.15, 0.2) is 88.7 Å². The Morgan fingerprint density at radius 3 is 2.26 bits per heavy atom. The van der Waals surface area contributed by atoms with Crippen molar-refractivity contribution < 1.29 is 23.0 Å². The van der Waals surface area contributed by atoms with E-state index in [4.69, 9.17) is 9.47 Å². The molecule has 3 rings (SSSR count). The van der Waals surface area contributed by atoms with Crippen molar-refractivity contribution in [2.75, 3.05) is 13.7 Å². The van der Waals surface area contributed by atoms with Gasteiger partial charge in [0.15, 0.2) is 6.23 Å². The van der Waals surface area contributed by atoms with Gasteiger partial charge >= 0.3 is 0 Å². The van der Waals surface area contributed by atoms with Crippen molar-refractivity contribution in [2.24, 2.45) is 0 Å². The fraction of sp³-hybridized carbons (Fsp3) is 0.250. The van der Waals surface area contributed by atoms with Gasteiger partial charge in [-0.25, -0.2) is 8.42 Å². The van der Waals surface area contributed by atoms with Crippen LogP contribution in [0.2, 0.25) is 0 Å². The van der Waals surface area contributed by atoms with Crippen LogP contribution in [-0.4, -0.2) is 39.5 Å². The molecule has 0 saturated heterocycles. The predicted molar refractivity (Wildman–Crippen MR) is 119 cm³/mol. The number of ether oxygens (including phenoxy) is 2. The summed E-state index contributed by atoms with van der Waals surface area (Å²) in [6.07, 6.45) is -0.719. The lowest BCUT2D eigenvalue weighted by molar-refractivity contribution is 0.0274. The van der Waals surface area contributed by atoms with Crippen LogP contribution >= 0.6 is 0 Å². The van der Waals surface area contributed by atoms with Crippen LogP contribution in [0.3, 0.4) is 0 Å². The highest BCUT2D eigenvalue weighted by Gasteiger charge is 2.19. The zero-order chi connectivity index (χ0) is 22.3. The van der Waals surface area contributed by atoms with E-state index in [1.807, 2.05) is 36.4 Å². The number of hydrogen-bond donors (Lipinski definition) is 2. The maximum absolute atomic E-state index is 13.0. The number of nitrogens with one attached hydrogen (secondary N) is 1. The van der Waals surface area contributed by atoms with Crippen molar-refractivity contribution in [3.63, 3.8) is 0 Å². The second kappa shape index (κ2) is 10.4. The molecule has 2 N–H and O–H groups in total. The van der Waals surface area contributed by atoms with Crippen LogP contribution in [0.25, 0.3) is 0 Å². The minimum Gasteiger partial charge on any atom is -0.497 e. The standard InChI is InChI=1S/C24H27NO5S/c1-18(26)24(30-21-8-4-3-5-9-21)25-16-15-19-7-6-10-23(17-19)31(27,28)22-13-11-20(29-2)12-14-22/h3-14,17-18,24-26H,15-16H2,1-2H3. The number of aliphatic hydroxyl groups excluding tert-OH is 1. The molecule has 0 radical (unpaired) electrons. The van der Waals surface area contributed by atoms with Crippen LogP contribution in [0.1, 0.15) is 12.5 Å². The molecule has 0 aliphatic heterocycles. The molecule has 0 aliphatic rings. The first-order valence-electron chi connectivity index (χ1n) is 10.0. The Balaban J connectivity index is 1.65. The van der Waals surface area contributed by atoms with Crippen molar-refractivity contribution in [3.05, 3.63) is 84.4 Å². The number of sulfone groups is 1. The van der Waals surface area contributed by atoms with Gasteiger partial charge in [0, 0.05) is 6.54 Å². The van der Waals surface area contributed by atoms with Crippen LogP contribution in [0.5, 0.6) is 11.5 Å². The number of para-hydroxylation sites is 1. The Morgan fingerprint density at radius 1 is 0.903 bits per heavy atom. The van der Waals surface area contributed by atoms with Gasteiger partial charge in [-0.05, 0) is 67.4 Å². The van der Waals surface area contributed by atoms with E-state index in [1.165, 1.54) is 19.2 Å². The Morgan fingerprint density at radius 2 is 1.61 bits per heavy atom. The molecule has 0 spiro atoms. The van der Waals surface area contributed by atoms with Gasteiger partial charge < -0.3 is 14.6 Å². The van der Waals surface area contributed by atoms with Gasteiger partial charge in [-0.3, -0.25) is 5.32 Å². The first-order valence-corrected chi connectivity index (χ1v) is 11.5. The highest BCUT2D eigenvalue weighted by molar-refractivity contribution is 7.91. The molecule has 3 aromatic carbocycles. The van der Waals surface area contributed by atoms with E-state index in [0.717, 1.165) is 5.56 Å². The summed E-state index contributed by atoms with van der Waals surface area (Å²) in [4.78, 5) is 0.455. The Kier molecular flexibility index (Phi) is 7.68.